The maximum absolute atomic E-state index is 11.3. The summed E-state index contributed by atoms with van der Waals surface area (Å²) in [5.74, 6) is -1.23. The number of aryl methyl sites for hydroxylation is 3. The third-order valence-electron chi connectivity index (χ3n) is 6.68. The van der Waals surface area contributed by atoms with Gasteiger partial charge < -0.3 is 10.2 Å². The van der Waals surface area contributed by atoms with E-state index in [2.05, 4.69) is 25.1 Å². The highest BCUT2D eigenvalue weighted by Crippen LogP contribution is 2.50. The molecule has 2 saturated carbocycles. The van der Waals surface area contributed by atoms with E-state index < -0.39 is 22.8 Å². The minimum Gasteiger partial charge on any atom is -0.481 e. The molecule has 27 heavy (non-hydrogen) atoms. The molecular formula is C23H32O4. The molecule has 2 aliphatic carbocycles. The molecule has 2 aliphatic rings. The zero-order valence-corrected chi connectivity index (χ0v) is 16.4. The molecule has 0 bridgehead atoms. The third kappa shape index (κ3) is 4.91. The van der Waals surface area contributed by atoms with Crippen LogP contribution in [0.3, 0.4) is 0 Å². The fraction of sp³-hybridized carbons (Fsp3) is 0.652. The average Bonchev–Trinajstić information content (AvgIpc) is 3.52. The van der Waals surface area contributed by atoms with Crippen molar-refractivity contribution in [2.45, 2.75) is 84.0 Å². The van der Waals surface area contributed by atoms with Gasteiger partial charge in [-0.2, -0.15) is 0 Å². The summed E-state index contributed by atoms with van der Waals surface area (Å²) in [6.07, 6.45) is 11.0. The maximum atomic E-state index is 11.3. The van der Waals surface area contributed by atoms with E-state index in [4.69, 9.17) is 0 Å². The lowest BCUT2D eigenvalue weighted by molar-refractivity contribution is -0.144. The van der Waals surface area contributed by atoms with Crippen molar-refractivity contribution >= 4 is 11.9 Å². The molecule has 0 amide bonds. The molecule has 2 fully saturated rings. The van der Waals surface area contributed by atoms with Crippen molar-refractivity contribution in [2.75, 3.05) is 0 Å². The molecule has 1 aromatic rings. The molecular weight excluding hydrogens is 340 g/mol. The Balaban J connectivity index is 1.45. The van der Waals surface area contributed by atoms with Gasteiger partial charge in [0.15, 0.2) is 0 Å². The van der Waals surface area contributed by atoms with Crippen LogP contribution in [0.5, 0.6) is 0 Å². The highest BCUT2D eigenvalue weighted by atomic mass is 16.4. The van der Waals surface area contributed by atoms with Crippen molar-refractivity contribution in [3.8, 4) is 0 Å². The fourth-order valence-corrected chi connectivity index (χ4v) is 4.23. The van der Waals surface area contributed by atoms with E-state index in [-0.39, 0.29) is 0 Å². The van der Waals surface area contributed by atoms with Gasteiger partial charge in [0.2, 0.25) is 0 Å². The number of benzene rings is 1. The monoisotopic (exact) mass is 372 g/mol. The Kier molecular flexibility index (Phi) is 5.92. The average molecular weight is 373 g/mol. The number of aliphatic carboxylic acids is 2. The van der Waals surface area contributed by atoms with E-state index >= 15 is 0 Å². The molecule has 0 heterocycles. The van der Waals surface area contributed by atoms with E-state index in [1.807, 2.05) is 0 Å². The van der Waals surface area contributed by atoms with E-state index in [1.54, 1.807) is 0 Å². The second kappa shape index (κ2) is 8.04. The third-order valence-corrected chi connectivity index (χ3v) is 6.68. The van der Waals surface area contributed by atoms with E-state index in [1.165, 1.54) is 16.7 Å². The Morgan fingerprint density at radius 1 is 0.815 bits per heavy atom. The smallest absolute Gasteiger partial charge is 0.309 e. The highest BCUT2D eigenvalue weighted by molar-refractivity contribution is 5.78. The first-order chi connectivity index (χ1) is 12.9. The van der Waals surface area contributed by atoms with Crippen LogP contribution in [0.2, 0.25) is 0 Å². The molecule has 3 rings (SSSR count). The van der Waals surface area contributed by atoms with Crippen LogP contribution in [0.15, 0.2) is 18.2 Å². The van der Waals surface area contributed by atoms with Gasteiger partial charge in [-0.15, -0.1) is 0 Å². The molecule has 148 valence electrons. The molecule has 0 atom stereocenters. The SMILES string of the molecule is Cc1ccc(CCCCC2(C(=O)O)CC2)c(CCCCC2(C(=O)O)CC2)c1. The molecule has 4 heteroatoms. The van der Waals surface area contributed by atoms with E-state index in [0.717, 1.165) is 77.0 Å². The van der Waals surface area contributed by atoms with Gasteiger partial charge in [0.05, 0.1) is 10.8 Å². The topological polar surface area (TPSA) is 74.6 Å². The standard InChI is InChI=1S/C23H32O4/c1-17-8-9-18(6-2-4-10-22(12-13-22)20(24)25)19(16-17)7-3-5-11-23(14-15-23)21(26)27/h8-9,16H,2-7,10-15H2,1H3,(H,24,25)(H,26,27). The van der Waals surface area contributed by atoms with Gasteiger partial charge in [-0.25, -0.2) is 0 Å². The van der Waals surface area contributed by atoms with E-state index in [0.29, 0.717) is 0 Å². The van der Waals surface area contributed by atoms with Crippen molar-refractivity contribution in [1.82, 2.24) is 0 Å². The van der Waals surface area contributed by atoms with Gasteiger partial charge in [-0.05, 0) is 82.3 Å². The van der Waals surface area contributed by atoms with Gasteiger partial charge in [-0.1, -0.05) is 36.6 Å². The van der Waals surface area contributed by atoms with E-state index in [9.17, 15) is 19.8 Å². The largest absolute Gasteiger partial charge is 0.481 e. The first-order valence-electron chi connectivity index (χ1n) is 10.4. The van der Waals surface area contributed by atoms with Crippen molar-refractivity contribution < 1.29 is 19.8 Å². The summed E-state index contributed by atoms with van der Waals surface area (Å²) in [6, 6.07) is 6.63. The number of carboxylic acid groups (broad SMARTS) is 2. The van der Waals surface area contributed by atoms with Gasteiger partial charge in [-0.3, -0.25) is 9.59 Å². The Labute approximate surface area is 162 Å². The molecule has 0 unspecified atom stereocenters. The second-order valence-electron chi connectivity index (χ2n) is 8.86. The van der Waals surface area contributed by atoms with Crippen molar-refractivity contribution in [3.05, 3.63) is 34.9 Å². The van der Waals surface area contributed by atoms with Gasteiger partial charge in [0, 0.05) is 0 Å². The number of carbonyl (C=O) groups is 2. The highest BCUT2D eigenvalue weighted by Gasteiger charge is 2.49. The number of carboxylic acids is 2. The zero-order chi connectivity index (χ0) is 19.5. The Hall–Kier alpha value is -1.84. The number of hydrogen-bond acceptors (Lipinski definition) is 2. The van der Waals surface area contributed by atoms with Crippen LogP contribution < -0.4 is 0 Å². The number of unbranched alkanes of at least 4 members (excludes halogenated alkanes) is 2. The van der Waals surface area contributed by atoms with Crippen molar-refractivity contribution in [3.63, 3.8) is 0 Å². The summed E-state index contributed by atoms with van der Waals surface area (Å²) in [7, 11) is 0. The van der Waals surface area contributed by atoms with Gasteiger partial charge in [0.25, 0.3) is 0 Å². The zero-order valence-electron chi connectivity index (χ0n) is 16.4. The molecule has 0 aromatic heterocycles. The van der Waals surface area contributed by atoms with Gasteiger partial charge in [0.1, 0.15) is 0 Å². The summed E-state index contributed by atoms with van der Waals surface area (Å²) in [4.78, 5) is 22.5. The minimum atomic E-state index is -0.617. The maximum Gasteiger partial charge on any atom is 0.309 e. The Morgan fingerprint density at radius 3 is 1.74 bits per heavy atom. The summed E-state index contributed by atoms with van der Waals surface area (Å²) in [5.41, 5.74) is 3.22. The summed E-state index contributed by atoms with van der Waals surface area (Å²) >= 11 is 0. The lowest BCUT2D eigenvalue weighted by Gasteiger charge is -2.13. The molecule has 4 nitrogen and oxygen atoms in total. The van der Waals surface area contributed by atoms with Crippen LogP contribution in [-0.2, 0) is 22.4 Å². The Morgan fingerprint density at radius 2 is 1.30 bits per heavy atom. The first kappa shape index (κ1) is 19.9. The number of rotatable bonds is 12. The van der Waals surface area contributed by atoms with Crippen LogP contribution in [-0.4, -0.2) is 22.2 Å². The van der Waals surface area contributed by atoms with Crippen molar-refractivity contribution in [2.24, 2.45) is 10.8 Å². The summed E-state index contributed by atoms with van der Waals surface area (Å²) < 4.78 is 0. The minimum absolute atomic E-state index is 0.404. The molecule has 0 radical (unpaired) electrons. The van der Waals surface area contributed by atoms with Crippen LogP contribution in [0.1, 0.15) is 80.9 Å². The number of hydrogen-bond donors (Lipinski definition) is 2. The second-order valence-corrected chi connectivity index (χ2v) is 8.86. The summed E-state index contributed by atoms with van der Waals surface area (Å²) in [6.45, 7) is 2.11. The van der Waals surface area contributed by atoms with Gasteiger partial charge >= 0.3 is 11.9 Å². The predicted octanol–water partition coefficient (Wildman–Crippen LogP) is 5.15. The normalized spacial score (nSPS) is 18.9. The first-order valence-corrected chi connectivity index (χ1v) is 10.4. The fourth-order valence-electron chi connectivity index (χ4n) is 4.23. The summed E-state index contributed by atoms with van der Waals surface area (Å²) in [5, 5.41) is 18.6. The lowest BCUT2D eigenvalue weighted by Crippen LogP contribution is -2.14. The van der Waals surface area contributed by atoms with Crippen LogP contribution in [0.25, 0.3) is 0 Å². The molecule has 1 aromatic carbocycles. The quantitative estimate of drug-likeness (QED) is 0.498. The van der Waals surface area contributed by atoms with Crippen LogP contribution in [0, 0.1) is 17.8 Å². The van der Waals surface area contributed by atoms with Crippen molar-refractivity contribution in [1.29, 1.82) is 0 Å². The molecule has 0 spiro atoms. The lowest BCUT2D eigenvalue weighted by atomic mass is 9.92. The molecule has 2 N–H and O–H groups in total. The van der Waals surface area contributed by atoms with Crippen LogP contribution >= 0.6 is 0 Å². The predicted molar refractivity (Wildman–Crippen MR) is 105 cm³/mol. The Bertz CT molecular complexity index is 698. The van der Waals surface area contributed by atoms with Crippen LogP contribution in [0.4, 0.5) is 0 Å². The molecule has 0 saturated heterocycles. The molecule has 0 aliphatic heterocycles.